The van der Waals surface area contributed by atoms with Crippen molar-refractivity contribution in [2.45, 2.75) is 38.4 Å². The normalized spacial score (nSPS) is 26.5. The zero-order chi connectivity index (χ0) is 14.3. The Hall–Kier alpha value is -0.140. The van der Waals surface area contributed by atoms with Crippen molar-refractivity contribution in [1.82, 2.24) is 4.90 Å². The van der Waals surface area contributed by atoms with Gasteiger partial charge in [-0.3, -0.25) is 4.79 Å². The van der Waals surface area contributed by atoms with Crippen molar-refractivity contribution < 1.29 is 14.3 Å². The third-order valence-corrected chi connectivity index (χ3v) is 4.11. The maximum atomic E-state index is 11.2. The highest BCUT2D eigenvalue weighted by Gasteiger charge is 2.35. The molecule has 0 aromatic heterocycles. The lowest BCUT2D eigenvalue weighted by Gasteiger charge is -2.39. The lowest BCUT2D eigenvalue weighted by atomic mass is 9.87. The van der Waals surface area contributed by atoms with E-state index in [0.29, 0.717) is 0 Å². The van der Waals surface area contributed by atoms with E-state index in [9.17, 15) is 4.79 Å². The number of halogens is 1. The number of carbonyl (C=O) groups excluding carboxylic acids is 1. The van der Waals surface area contributed by atoms with Gasteiger partial charge >= 0.3 is 5.97 Å². The lowest BCUT2D eigenvalue weighted by molar-refractivity contribution is -0.156. The van der Waals surface area contributed by atoms with Crippen LogP contribution in [0.4, 0.5) is 0 Å². The van der Waals surface area contributed by atoms with Crippen LogP contribution in [-0.4, -0.2) is 50.3 Å². The molecule has 1 rings (SSSR count). The molecule has 5 heteroatoms. The number of allylic oxidation sites excluding steroid dienone is 1. The molecule has 1 heterocycles. The van der Waals surface area contributed by atoms with Gasteiger partial charge in [0.15, 0.2) is 0 Å². The van der Waals surface area contributed by atoms with E-state index in [1.165, 1.54) is 6.92 Å². The molecular weight excluding hydrogens is 357 g/mol. The van der Waals surface area contributed by atoms with E-state index in [-0.39, 0.29) is 24.1 Å². The lowest BCUT2D eigenvalue weighted by Crippen LogP contribution is -2.48. The Kier molecular flexibility index (Phi) is 7.94. The van der Waals surface area contributed by atoms with E-state index in [2.05, 4.69) is 40.6 Å². The van der Waals surface area contributed by atoms with Gasteiger partial charge in [-0.2, -0.15) is 0 Å². The quantitative estimate of drug-likeness (QED) is 0.524. The van der Waals surface area contributed by atoms with Crippen LogP contribution in [0, 0.1) is 5.92 Å². The summed E-state index contributed by atoms with van der Waals surface area (Å²) < 4.78 is 13.1. The molecule has 0 aliphatic carbocycles. The topological polar surface area (TPSA) is 38.8 Å². The van der Waals surface area contributed by atoms with Crippen LogP contribution in [0.5, 0.6) is 0 Å². The molecular formula is C14H24INO3. The minimum Gasteiger partial charge on any atom is -0.462 e. The molecule has 0 radical (unpaired) electrons. The van der Waals surface area contributed by atoms with E-state index in [0.717, 1.165) is 32.4 Å². The van der Waals surface area contributed by atoms with Gasteiger partial charge < -0.3 is 14.4 Å². The third kappa shape index (κ3) is 5.79. The molecule has 1 aliphatic rings. The summed E-state index contributed by atoms with van der Waals surface area (Å²) in [7, 11) is 3.85. The largest absolute Gasteiger partial charge is 0.462 e. The van der Waals surface area contributed by atoms with Crippen LogP contribution in [0.2, 0.25) is 0 Å². The highest BCUT2D eigenvalue weighted by molar-refractivity contribution is 14.1. The first-order valence-corrected chi connectivity index (χ1v) is 7.96. The second-order valence-electron chi connectivity index (χ2n) is 5.08. The Morgan fingerprint density at radius 3 is 2.89 bits per heavy atom. The predicted molar refractivity (Wildman–Crippen MR) is 84.3 cm³/mol. The number of methoxy groups -OCH3 is 1. The number of piperidine rings is 1. The fourth-order valence-corrected chi connectivity index (χ4v) is 3.04. The van der Waals surface area contributed by atoms with Crippen LogP contribution < -0.4 is 0 Å². The van der Waals surface area contributed by atoms with Gasteiger partial charge in [0.05, 0.1) is 6.10 Å². The van der Waals surface area contributed by atoms with Gasteiger partial charge in [-0.05, 0) is 30.4 Å². The molecule has 0 bridgehead atoms. The molecule has 0 saturated carbocycles. The van der Waals surface area contributed by atoms with Crippen LogP contribution in [0.15, 0.2) is 10.2 Å². The zero-order valence-corrected chi connectivity index (χ0v) is 14.1. The van der Waals surface area contributed by atoms with Crippen molar-refractivity contribution in [2.75, 3.05) is 27.2 Å². The number of ether oxygens (including phenoxy) is 2. The van der Waals surface area contributed by atoms with Gasteiger partial charge in [0.1, 0.15) is 6.10 Å². The van der Waals surface area contributed by atoms with Crippen molar-refractivity contribution in [2.24, 2.45) is 5.92 Å². The molecule has 1 saturated heterocycles. The Morgan fingerprint density at radius 1 is 1.58 bits per heavy atom. The minimum atomic E-state index is -0.193. The second-order valence-corrected chi connectivity index (χ2v) is 5.80. The Bertz CT molecular complexity index is 309. The molecule has 1 aliphatic heterocycles. The van der Waals surface area contributed by atoms with Gasteiger partial charge in [0.25, 0.3) is 0 Å². The van der Waals surface area contributed by atoms with Gasteiger partial charge in [-0.1, -0.05) is 28.7 Å². The minimum absolute atomic E-state index is 0.0118. The van der Waals surface area contributed by atoms with E-state index in [1.54, 1.807) is 7.11 Å². The van der Waals surface area contributed by atoms with Crippen molar-refractivity contribution in [3.63, 3.8) is 0 Å². The Balaban J connectivity index is 2.66. The van der Waals surface area contributed by atoms with Crippen molar-refractivity contribution >= 4 is 28.6 Å². The molecule has 3 atom stereocenters. The van der Waals surface area contributed by atoms with Crippen LogP contribution >= 0.6 is 22.6 Å². The molecule has 1 fully saturated rings. The van der Waals surface area contributed by atoms with E-state index < -0.39 is 0 Å². The fourth-order valence-electron chi connectivity index (χ4n) is 2.68. The molecule has 3 unspecified atom stereocenters. The average Bonchev–Trinajstić information content (AvgIpc) is 2.37. The number of likely N-dealkylation sites (tertiary alicyclic amines) is 1. The van der Waals surface area contributed by atoms with E-state index in [1.807, 2.05) is 4.08 Å². The highest BCUT2D eigenvalue weighted by Crippen LogP contribution is 2.26. The summed E-state index contributed by atoms with van der Waals surface area (Å²) >= 11 is 2.23. The summed E-state index contributed by atoms with van der Waals surface area (Å²) in [4.78, 5) is 13.5. The number of carbonyl (C=O) groups is 1. The first-order valence-electron chi connectivity index (χ1n) is 6.72. The molecule has 0 aromatic rings. The molecule has 110 valence electrons. The number of hydrogen-bond donors (Lipinski definition) is 0. The maximum Gasteiger partial charge on any atom is 0.302 e. The predicted octanol–water partition coefficient (Wildman–Crippen LogP) is 2.61. The monoisotopic (exact) mass is 381 g/mol. The fraction of sp³-hybridized carbons (Fsp3) is 0.786. The van der Waals surface area contributed by atoms with Crippen molar-refractivity contribution in [3.8, 4) is 0 Å². The summed E-state index contributed by atoms with van der Waals surface area (Å²) in [6, 6.07) is 0. The standard InChI is InChI=1S/C14H24INO3/c1-11(17)19-14-7-9-16(2)10-12(14)13(18-3)6-4-5-8-15/h5,8,12-14H,4,6-7,9-10H2,1-3H3. The van der Waals surface area contributed by atoms with Crippen molar-refractivity contribution in [1.29, 1.82) is 0 Å². The SMILES string of the molecule is COC(CCC=CI)C1CN(C)CCC1OC(C)=O. The van der Waals surface area contributed by atoms with Crippen LogP contribution in [0.25, 0.3) is 0 Å². The van der Waals surface area contributed by atoms with Gasteiger partial charge in [-0.15, -0.1) is 0 Å². The number of hydrogen-bond acceptors (Lipinski definition) is 4. The number of esters is 1. The van der Waals surface area contributed by atoms with Gasteiger partial charge in [0, 0.05) is 33.0 Å². The smallest absolute Gasteiger partial charge is 0.302 e. The number of rotatable bonds is 6. The first kappa shape index (κ1) is 16.9. The summed E-state index contributed by atoms with van der Waals surface area (Å²) in [5, 5.41) is 0. The first-order chi connectivity index (χ1) is 9.08. The summed E-state index contributed by atoms with van der Waals surface area (Å²) in [6.45, 7) is 3.37. The zero-order valence-electron chi connectivity index (χ0n) is 12.0. The van der Waals surface area contributed by atoms with Gasteiger partial charge in [0.2, 0.25) is 0 Å². The van der Waals surface area contributed by atoms with Gasteiger partial charge in [-0.25, -0.2) is 0 Å². The summed E-state index contributed by atoms with van der Waals surface area (Å²) in [5.41, 5.74) is 0. The van der Waals surface area contributed by atoms with Crippen LogP contribution in [-0.2, 0) is 14.3 Å². The maximum absolute atomic E-state index is 11.2. The van der Waals surface area contributed by atoms with Crippen LogP contribution in [0.1, 0.15) is 26.2 Å². The molecule has 0 spiro atoms. The Labute approximate surface area is 129 Å². The van der Waals surface area contributed by atoms with Crippen molar-refractivity contribution in [3.05, 3.63) is 10.2 Å². The third-order valence-electron chi connectivity index (χ3n) is 3.60. The molecule has 0 amide bonds. The van der Waals surface area contributed by atoms with E-state index in [4.69, 9.17) is 9.47 Å². The number of nitrogens with zero attached hydrogens (tertiary/aromatic N) is 1. The summed E-state index contributed by atoms with van der Waals surface area (Å²) in [6.07, 6.45) is 5.12. The molecule has 4 nitrogen and oxygen atoms in total. The molecule has 19 heavy (non-hydrogen) atoms. The average molecular weight is 381 g/mol. The Morgan fingerprint density at radius 2 is 2.32 bits per heavy atom. The van der Waals surface area contributed by atoms with E-state index >= 15 is 0 Å². The van der Waals surface area contributed by atoms with Crippen LogP contribution in [0.3, 0.4) is 0 Å². The second kappa shape index (κ2) is 8.92. The molecule has 0 N–H and O–H groups in total. The summed E-state index contributed by atoms with van der Waals surface area (Å²) in [5.74, 6) is 0.0665. The highest BCUT2D eigenvalue weighted by atomic mass is 127. The molecule has 0 aromatic carbocycles.